The molecule has 1 rings (SSSR count). The van der Waals surface area contributed by atoms with Crippen molar-refractivity contribution in [2.45, 2.75) is 13.3 Å². The van der Waals surface area contributed by atoms with Crippen LogP contribution in [0.3, 0.4) is 0 Å². The maximum Gasteiger partial charge on any atom is 0.269 e. The van der Waals surface area contributed by atoms with E-state index in [0.717, 1.165) is 0 Å². The largest absolute Gasteiger partial charge is 0.330 e. The first kappa shape index (κ1) is 9.22. The number of nitrogens with zero attached hydrogens (tertiary/aromatic N) is 1. The highest BCUT2D eigenvalue weighted by atomic mass is 35.5. The van der Waals surface area contributed by atoms with Gasteiger partial charge in [-0.25, -0.2) is 4.98 Å². The molecule has 4 nitrogen and oxygen atoms in total. The van der Waals surface area contributed by atoms with Gasteiger partial charge < -0.3 is 10.7 Å². The number of rotatable bonds is 2. The van der Waals surface area contributed by atoms with Gasteiger partial charge >= 0.3 is 0 Å². The third-order valence-electron chi connectivity index (χ3n) is 1.46. The fourth-order valence-corrected chi connectivity index (χ4v) is 0.974. The van der Waals surface area contributed by atoms with Crippen LogP contribution >= 0.6 is 11.6 Å². The van der Waals surface area contributed by atoms with Gasteiger partial charge in [-0.2, -0.15) is 0 Å². The number of halogens is 1. The van der Waals surface area contributed by atoms with E-state index in [1.807, 2.05) is 0 Å². The van der Waals surface area contributed by atoms with Gasteiger partial charge in [0.15, 0.2) is 0 Å². The SMILES string of the molecule is Cc1nc(CCN)[nH]c(=O)c1Cl. The highest BCUT2D eigenvalue weighted by Crippen LogP contribution is 2.04. The van der Waals surface area contributed by atoms with E-state index in [4.69, 9.17) is 17.3 Å². The van der Waals surface area contributed by atoms with Crippen molar-refractivity contribution in [3.63, 3.8) is 0 Å². The quantitative estimate of drug-likeness (QED) is 0.697. The molecule has 0 aliphatic rings. The van der Waals surface area contributed by atoms with Crippen LogP contribution in [0.15, 0.2) is 4.79 Å². The van der Waals surface area contributed by atoms with Gasteiger partial charge in [-0.1, -0.05) is 11.6 Å². The van der Waals surface area contributed by atoms with Crippen molar-refractivity contribution in [2.75, 3.05) is 6.54 Å². The van der Waals surface area contributed by atoms with Gasteiger partial charge in [0.25, 0.3) is 5.56 Å². The zero-order chi connectivity index (χ0) is 9.14. The Morgan fingerprint density at radius 1 is 1.67 bits per heavy atom. The molecule has 0 bridgehead atoms. The molecule has 0 saturated heterocycles. The van der Waals surface area contributed by atoms with E-state index in [1.54, 1.807) is 6.92 Å². The van der Waals surface area contributed by atoms with Gasteiger partial charge in [0.2, 0.25) is 0 Å². The second-order valence-corrected chi connectivity index (χ2v) is 2.83. The predicted molar refractivity (Wildman–Crippen MR) is 47.4 cm³/mol. The molecule has 1 heterocycles. The molecule has 5 heteroatoms. The van der Waals surface area contributed by atoms with E-state index in [9.17, 15) is 4.79 Å². The standard InChI is InChI=1S/C7H10ClN3O/c1-4-6(8)7(12)11-5(10-4)2-3-9/h2-3,9H2,1H3,(H,10,11,12). The van der Waals surface area contributed by atoms with Crippen LogP contribution < -0.4 is 11.3 Å². The van der Waals surface area contributed by atoms with E-state index in [-0.39, 0.29) is 10.6 Å². The molecular formula is C7H10ClN3O. The summed E-state index contributed by atoms with van der Waals surface area (Å²) in [6, 6.07) is 0. The molecule has 0 fully saturated rings. The molecule has 0 radical (unpaired) electrons. The monoisotopic (exact) mass is 187 g/mol. The number of aryl methyl sites for hydroxylation is 1. The first-order valence-corrected chi connectivity index (χ1v) is 3.98. The number of H-pyrrole nitrogens is 1. The molecule has 0 aliphatic heterocycles. The highest BCUT2D eigenvalue weighted by molar-refractivity contribution is 6.30. The average molecular weight is 188 g/mol. The van der Waals surface area contributed by atoms with Crippen molar-refractivity contribution >= 4 is 11.6 Å². The Balaban J connectivity index is 3.13. The van der Waals surface area contributed by atoms with Gasteiger partial charge in [0, 0.05) is 6.42 Å². The zero-order valence-corrected chi connectivity index (χ0v) is 7.48. The van der Waals surface area contributed by atoms with Crippen molar-refractivity contribution in [3.05, 3.63) is 26.9 Å². The third kappa shape index (κ3) is 1.84. The van der Waals surface area contributed by atoms with Crippen LogP contribution in [-0.2, 0) is 6.42 Å². The van der Waals surface area contributed by atoms with Crippen molar-refractivity contribution < 1.29 is 0 Å². The Bertz CT molecular complexity index is 334. The summed E-state index contributed by atoms with van der Waals surface area (Å²) in [5.41, 5.74) is 5.55. The minimum Gasteiger partial charge on any atom is -0.330 e. The molecule has 0 amide bonds. The minimum atomic E-state index is -0.299. The van der Waals surface area contributed by atoms with Crippen LogP contribution in [0.4, 0.5) is 0 Å². The van der Waals surface area contributed by atoms with Gasteiger partial charge in [-0.15, -0.1) is 0 Å². The van der Waals surface area contributed by atoms with Crippen LogP contribution in [0.5, 0.6) is 0 Å². The number of hydrogen-bond acceptors (Lipinski definition) is 3. The molecule has 1 aromatic rings. The molecule has 0 saturated carbocycles. The first-order valence-electron chi connectivity index (χ1n) is 3.60. The summed E-state index contributed by atoms with van der Waals surface area (Å²) in [6.45, 7) is 2.15. The van der Waals surface area contributed by atoms with E-state index < -0.39 is 0 Å². The third-order valence-corrected chi connectivity index (χ3v) is 1.90. The smallest absolute Gasteiger partial charge is 0.269 e. The minimum absolute atomic E-state index is 0.149. The molecule has 1 aromatic heterocycles. The molecule has 12 heavy (non-hydrogen) atoms. The number of aromatic amines is 1. The predicted octanol–water partition coefficient (Wildman–Crippen LogP) is 0.233. The number of aromatic nitrogens is 2. The Hall–Kier alpha value is -0.870. The normalized spacial score (nSPS) is 10.2. The van der Waals surface area contributed by atoms with Crippen molar-refractivity contribution in [3.8, 4) is 0 Å². The fraction of sp³-hybridized carbons (Fsp3) is 0.429. The second kappa shape index (κ2) is 3.69. The van der Waals surface area contributed by atoms with Crippen LogP contribution in [-0.4, -0.2) is 16.5 Å². The summed E-state index contributed by atoms with van der Waals surface area (Å²) in [6.07, 6.45) is 0.563. The average Bonchev–Trinajstić information content (AvgIpc) is 2.01. The lowest BCUT2D eigenvalue weighted by Crippen LogP contribution is -2.16. The molecular weight excluding hydrogens is 178 g/mol. The molecule has 0 aliphatic carbocycles. The fourth-order valence-electron chi connectivity index (χ4n) is 0.885. The lowest BCUT2D eigenvalue weighted by molar-refractivity contribution is 0.844. The van der Waals surface area contributed by atoms with Crippen molar-refractivity contribution in [1.82, 2.24) is 9.97 Å². The van der Waals surface area contributed by atoms with Crippen LogP contribution in [0, 0.1) is 6.92 Å². The lowest BCUT2D eigenvalue weighted by Gasteiger charge is -2.00. The van der Waals surface area contributed by atoms with Crippen molar-refractivity contribution in [1.29, 1.82) is 0 Å². The summed E-state index contributed by atoms with van der Waals surface area (Å²) in [7, 11) is 0. The maximum atomic E-state index is 11.1. The Kier molecular flexibility index (Phi) is 2.83. The molecule has 66 valence electrons. The molecule has 0 unspecified atom stereocenters. The van der Waals surface area contributed by atoms with Crippen LogP contribution in [0.1, 0.15) is 11.5 Å². The van der Waals surface area contributed by atoms with E-state index in [1.165, 1.54) is 0 Å². The summed E-state index contributed by atoms with van der Waals surface area (Å²) in [5, 5.41) is 0.149. The van der Waals surface area contributed by atoms with E-state index >= 15 is 0 Å². The van der Waals surface area contributed by atoms with Gasteiger partial charge in [0.05, 0.1) is 5.69 Å². The topological polar surface area (TPSA) is 71.8 Å². The van der Waals surface area contributed by atoms with Gasteiger partial charge in [0.1, 0.15) is 10.8 Å². The molecule has 3 N–H and O–H groups in total. The number of nitrogens with two attached hydrogens (primary N) is 1. The van der Waals surface area contributed by atoms with Crippen LogP contribution in [0.2, 0.25) is 5.02 Å². The molecule has 0 spiro atoms. The summed E-state index contributed by atoms with van der Waals surface area (Å²) in [5.74, 6) is 0.587. The van der Waals surface area contributed by atoms with E-state index in [0.29, 0.717) is 24.5 Å². The maximum absolute atomic E-state index is 11.1. The molecule has 0 aromatic carbocycles. The Labute approximate surface area is 74.8 Å². The number of nitrogens with one attached hydrogen (secondary N) is 1. The van der Waals surface area contributed by atoms with E-state index in [2.05, 4.69) is 9.97 Å². The Morgan fingerprint density at radius 2 is 2.33 bits per heavy atom. The Morgan fingerprint density at radius 3 is 2.83 bits per heavy atom. The summed E-state index contributed by atoms with van der Waals surface area (Å²) < 4.78 is 0. The lowest BCUT2D eigenvalue weighted by atomic mass is 10.3. The highest BCUT2D eigenvalue weighted by Gasteiger charge is 2.03. The molecule has 0 atom stereocenters. The van der Waals surface area contributed by atoms with Crippen LogP contribution in [0.25, 0.3) is 0 Å². The summed E-state index contributed by atoms with van der Waals surface area (Å²) in [4.78, 5) is 17.7. The van der Waals surface area contributed by atoms with Gasteiger partial charge in [-0.3, -0.25) is 4.79 Å². The zero-order valence-electron chi connectivity index (χ0n) is 6.72. The number of hydrogen-bond donors (Lipinski definition) is 2. The second-order valence-electron chi connectivity index (χ2n) is 2.45. The van der Waals surface area contributed by atoms with Crippen molar-refractivity contribution in [2.24, 2.45) is 5.73 Å². The first-order chi connectivity index (χ1) is 5.65. The van der Waals surface area contributed by atoms with Gasteiger partial charge in [-0.05, 0) is 13.5 Å². The summed E-state index contributed by atoms with van der Waals surface area (Å²) >= 11 is 5.61.